The van der Waals surface area contributed by atoms with E-state index in [-0.39, 0.29) is 18.5 Å². The van der Waals surface area contributed by atoms with Gasteiger partial charge in [0.15, 0.2) is 5.96 Å². The second kappa shape index (κ2) is 8.26. The number of amides is 3. The Balaban J connectivity index is 1.70. The summed E-state index contributed by atoms with van der Waals surface area (Å²) in [4.78, 5) is 28.3. The van der Waals surface area contributed by atoms with Crippen molar-refractivity contribution in [3.8, 4) is 0 Å². The second-order valence-corrected chi connectivity index (χ2v) is 7.01. The first-order valence-corrected chi connectivity index (χ1v) is 8.86. The topological polar surface area (TPSA) is 85.8 Å². The quantitative estimate of drug-likeness (QED) is 0.373. The molecule has 7 nitrogen and oxygen atoms in total. The Morgan fingerprint density at radius 2 is 2.27 bits per heavy atom. The molecular weight excluding hydrogens is 302 g/mol. The smallest absolute Gasteiger partial charge is 0.324 e. The molecule has 1 saturated carbocycles. The van der Waals surface area contributed by atoms with Gasteiger partial charge in [-0.3, -0.25) is 14.7 Å². The zero-order valence-electron chi connectivity index (χ0n) is 13.2. The molecule has 3 amide bonds. The van der Waals surface area contributed by atoms with Gasteiger partial charge in [0.25, 0.3) is 0 Å². The molecule has 1 aliphatic heterocycles. The van der Waals surface area contributed by atoms with Crippen LogP contribution in [0.3, 0.4) is 0 Å². The van der Waals surface area contributed by atoms with Gasteiger partial charge in [-0.1, -0.05) is 6.92 Å². The van der Waals surface area contributed by atoms with Crippen molar-refractivity contribution in [1.29, 1.82) is 0 Å². The molecule has 2 fully saturated rings. The normalized spacial score (nSPS) is 25.5. The van der Waals surface area contributed by atoms with Gasteiger partial charge < -0.3 is 16.0 Å². The van der Waals surface area contributed by atoms with Crippen LogP contribution in [0.2, 0.25) is 0 Å². The summed E-state index contributed by atoms with van der Waals surface area (Å²) in [5.74, 6) is 1.72. The second-order valence-electron chi connectivity index (χ2n) is 5.43. The molecule has 2 rings (SSSR count). The molecule has 2 atom stereocenters. The van der Waals surface area contributed by atoms with Gasteiger partial charge >= 0.3 is 6.03 Å². The lowest BCUT2D eigenvalue weighted by Crippen LogP contribution is -2.46. The van der Waals surface area contributed by atoms with Crippen LogP contribution in [0.5, 0.6) is 0 Å². The lowest BCUT2D eigenvalue weighted by atomic mass is 10.2. The Kier molecular flexibility index (Phi) is 6.35. The van der Waals surface area contributed by atoms with Crippen LogP contribution in [-0.4, -0.2) is 66.5 Å². The first-order chi connectivity index (χ1) is 10.6. The molecule has 0 spiro atoms. The molecule has 124 valence electrons. The molecule has 0 bridgehead atoms. The van der Waals surface area contributed by atoms with Gasteiger partial charge in [0.1, 0.15) is 0 Å². The van der Waals surface area contributed by atoms with Crippen molar-refractivity contribution in [2.24, 2.45) is 4.99 Å². The Labute approximate surface area is 135 Å². The van der Waals surface area contributed by atoms with E-state index in [1.54, 1.807) is 7.05 Å². The van der Waals surface area contributed by atoms with E-state index in [4.69, 9.17) is 0 Å². The number of guanidine groups is 1. The molecule has 3 N–H and O–H groups in total. The first kappa shape index (κ1) is 16.9. The summed E-state index contributed by atoms with van der Waals surface area (Å²) in [6.07, 6.45) is 3.56. The molecule has 0 radical (unpaired) electrons. The maximum Gasteiger partial charge on any atom is 0.324 e. The van der Waals surface area contributed by atoms with Gasteiger partial charge in [0.2, 0.25) is 5.91 Å². The molecule has 0 aromatic heterocycles. The molecule has 1 heterocycles. The molecule has 1 saturated heterocycles. The fraction of sp³-hybridized carbons (Fsp3) is 0.786. The van der Waals surface area contributed by atoms with Gasteiger partial charge in [0.05, 0.1) is 6.54 Å². The predicted octanol–water partition coefficient (Wildman–Crippen LogP) is 0.377. The van der Waals surface area contributed by atoms with E-state index in [1.807, 2.05) is 11.8 Å². The molecule has 2 aliphatic rings. The van der Waals surface area contributed by atoms with Crippen molar-refractivity contribution in [3.05, 3.63) is 0 Å². The zero-order valence-corrected chi connectivity index (χ0v) is 14.0. The maximum absolute atomic E-state index is 11.5. The summed E-state index contributed by atoms with van der Waals surface area (Å²) >= 11 is 2.02. The van der Waals surface area contributed by atoms with Gasteiger partial charge in [-0.15, -0.1) is 0 Å². The van der Waals surface area contributed by atoms with Gasteiger partial charge in [-0.05, 0) is 25.0 Å². The van der Waals surface area contributed by atoms with Crippen molar-refractivity contribution < 1.29 is 9.59 Å². The van der Waals surface area contributed by atoms with Crippen LogP contribution >= 0.6 is 11.8 Å². The minimum Gasteiger partial charge on any atom is -0.355 e. The van der Waals surface area contributed by atoms with Crippen LogP contribution in [0.1, 0.15) is 26.2 Å². The zero-order chi connectivity index (χ0) is 15.9. The van der Waals surface area contributed by atoms with Crippen molar-refractivity contribution in [1.82, 2.24) is 20.9 Å². The fourth-order valence-electron chi connectivity index (χ4n) is 2.81. The predicted molar refractivity (Wildman–Crippen MR) is 89.2 cm³/mol. The number of imide groups is 1. The minimum atomic E-state index is -0.315. The standard InChI is InChI=1S/C14H25N5O2S/c1-3-22-11-5-4-10(8-11)18-13(15-2)16-6-7-19-12(20)9-17-14(19)21/h10-11H,3-9H2,1-2H3,(H,17,21)(H2,15,16,18). The van der Waals surface area contributed by atoms with E-state index >= 15 is 0 Å². The molecule has 2 unspecified atom stereocenters. The highest BCUT2D eigenvalue weighted by atomic mass is 32.2. The summed E-state index contributed by atoms with van der Waals surface area (Å²) in [5.41, 5.74) is 0. The summed E-state index contributed by atoms with van der Waals surface area (Å²) in [6, 6.07) is 0.136. The number of hydrogen-bond donors (Lipinski definition) is 3. The van der Waals surface area contributed by atoms with Crippen LogP contribution in [0, 0.1) is 0 Å². The van der Waals surface area contributed by atoms with Crippen LogP contribution in [-0.2, 0) is 4.79 Å². The average Bonchev–Trinajstić information content (AvgIpc) is 3.07. The fourth-order valence-corrected chi connectivity index (χ4v) is 3.96. The molecule has 1 aliphatic carbocycles. The van der Waals surface area contributed by atoms with Crippen molar-refractivity contribution >= 4 is 29.7 Å². The van der Waals surface area contributed by atoms with E-state index in [9.17, 15) is 9.59 Å². The van der Waals surface area contributed by atoms with Crippen LogP contribution in [0.4, 0.5) is 4.79 Å². The first-order valence-electron chi connectivity index (χ1n) is 7.81. The number of carbonyl (C=O) groups excluding carboxylic acids is 2. The van der Waals surface area contributed by atoms with E-state index in [2.05, 4.69) is 27.9 Å². The van der Waals surface area contributed by atoms with Gasteiger partial charge in [0, 0.05) is 31.4 Å². The molecule has 22 heavy (non-hydrogen) atoms. The van der Waals surface area contributed by atoms with Crippen molar-refractivity contribution in [2.45, 2.75) is 37.5 Å². The summed E-state index contributed by atoms with van der Waals surface area (Å²) in [6.45, 7) is 3.15. The van der Waals surface area contributed by atoms with E-state index < -0.39 is 0 Å². The molecule has 0 aromatic carbocycles. The number of hydrogen-bond acceptors (Lipinski definition) is 4. The van der Waals surface area contributed by atoms with Crippen molar-refractivity contribution in [2.75, 3.05) is 32.4 Å². The number of nitrogens with one attached hydrogen (secondary N) is 3. The minimum absolute atomic E-state index is 0.102. The largest absolute Gasteiger partial charge is 0.355 e. The Hall–Kier alpha value is -1.44. The average molecular weight is 327 g/mol. The number of nitrogens with zero attached hydrogens (tertiary/aromatic N) is 2. The van der Waals surface area contributed by atoms with Gasteiger partial charge in [-0.2, -0.15) is 11.8 Å². The summed E-state index contributed by atoms with van der Waals surface area (Å²) in [7, 11) is 1.73. The lowest BCUT2D eigenvalue weighted by Gasteiger charge is -2.19. The monoisotopic (exact) mass is 327 g/mol. The Morgan fingerprint density at radius 1 is 1.45 bits per heavy atom. The summed E-state index contributed by atoms with van der Waals surface area (Å²) < 4.78 is 0. The van der Waals surface area contributed by atoms with Crippen molar-refractivity contribution in [3.63, 3.8) is 0 Å². The number of rotatable bonds is 6. The van der Waals surface area contributed by atoms with Crippen LogP contribution in [0.25, 0.3) is 0 Å². The Morgan fingerprint density at radius 3 is 2.91 bits per heavy atom. The summed E-state index contributed by atoms with van der Waals surface area (Å²) in [5, 5.41) is 9.84. The highest BCUT2D eigenvalue weighted by Crippen LogP contribution is 2.29. The third-order valence-corrected chi connectivity index (χ3v) is 5.15. The third-order valence-electron chi connectivity index (χ3n) is 3.92. The number of carbonyl (C=O) groups is 2. The molecule has 0 aromatic rings. The molecular formula is C14H25N5O2S. The van der Waals surface area contributed by atoms with Crippen LogP contribution < -0.4 is 16.0 Å². The highest BCUT2D eigenvalue weighted by Gasteiger charge is 2.28. The van der Waals surface area contributed by atoms with E-state index in [1.165, 1.54) is 11.3 Å². The SMILES string of the molecule is CCSC1CCC(NC(=NC)NCCN2C(=O)CNC2=O)C1. The van der Waals surface area contributed by atoms with E-state index in [0.29, 0.717) is 19.1 Å². The third kappa shape index (κ3) is 4.53. The number of aliphatic imine (C=N–C) groups is 1. The van der Waals surface area contributed by atoms with Gasteiger partial charge in [-0.25, -0.2) is 4.79 Å². The van der Waals surface area contributed by atoms with Crippen LogP contribution in [0.15, 0.2) is 4.99 Å². The number of thioether (sulfide) groups is 1. The lowest BCUT2D eigenvalue weighted by molar-refractivity contribution is -0.124. The number of urea groups is 1. The molecule has 8 heteroatoms. The Bertz CT molecular complexity index is 427. The maximum atomic E-state index is 11.5. The highest BCUT2D eigenvalue weighted by molar-refractivity contribution is 7.99. The van der Waals surface area contributed by atoms with E-state index in [0.717, 1.165) is 29.8 Å².